The molecular weight excluding hydrogens is 306 g/mol. The van der Waals surface area contributed by atoms with Crippen LogP contribution in [0.4, 0.5) is 0 Å². The van der Waals surface area contributed by atoms with Crippen LogP contribution < -0.4 is 9.47 Å². The molecule has 0 bridgehead atoms. The molecule has 0 spiro atoms. The van der Waals surface area contributed by atoms with E-state index in [2.05, 4.69) is 15.1 Å². The molecule has 3 rings (SSSR count). The normalized spacial score (nSPS) is 10.6. The van der Waals surface area contributed by atoms with Gasteiger partial charge in [-0.3, -0.25) is 4.98 Å². The lowest BCUT2D eigenvalue weighted by Crippen LogP contribution is -1.99. The van der Waals surface area contributed by atoms with E-state index in [0.717, 1.165) is 29.0 Å². The summed E-state index contributed by atoms with van der Waals surface area (Å²) in [5.74, 6) is 2.52. The highest BCUT2D eigenvalue weighted by Gasteiger charge is 2.13. The summed E-state index contributed by atoms with van der Waals surface area (Å²) in [6, 6.07) is 9.62. The molecule has 0 aliphatic rings. The minimum atomic E-state index is 0.201. The third kappa shape index (κ3) is 3.37. The van der Waals surface area contributed by atoms with E-state index in [-0.39, 0.29) is 6.61 Å². The van der Waals surface area contributed by atoms with Gasteiger partial charge in [-0.1, -0.05) is 18.1 Å². The van der Waals surface area contributed by atoms with E-state index in [0.29, 0.717) is 17.5 Å². The Bertz CT molecular complexity index is 830. The summed E-state index contributed by atoms with van der Waals surface area (Å²) in [7, 11) is 1.62. The Morgan fingerprint density at radius 3 is 2.75 bits per heavy atom. The summed E-state index contributed by atoms with van der Waals surface area (Å²) >= 11 is 0. The van der Waals surface area contributed by atoms with Crippen LogP contribution in [0.3, 0.4) is 0 Å². The number of benzene rings is 1. The second-order valence-electron chi connectivity index (χ2n) is 5.25. The van der Waals surface area contributed by atoms with Crippen molar-refractivity contribution in [3.8, 4) is 22.6 Å². The largest absolute Gasteiger partial charge is 0.497 e. The molecule has 0 saturated heterocycles. The molecule has 0 saturated carbocycles. The molecular formula is C18H19N3O3. The number of ether oxygens (including phenoxy) is 2. The molecule has 0 aliphatic heterocycles. The molecule has 6 heteroatoms. The number of aromatic nitrogens is 3. The molecule has 3 aromatic rings. The van der Waals surface area contributed by atoms with E-state index in [4.69, 9.17) is 14.0 Å². The fourth-order valence-electron chi connectivity index (χ4n) is 2.37. The standard InChI is InChI=1S/C18H19N3O3/c1-4-17-20-18(24-21-17)11-23-16-10-13(22-3)7-8-15(16)14-6-5-9-19-12(14)2/h5-10H,4,11H2,1-3H3. The third-order valence-corrected chi connectivity index (χ3v) is 3.66. The fraction of sp³-hybridized carbons (Fsp3) is 0.278. The SMILES string of the molecule is CCc1noc(COc2cc(OC)ccc2-c2cccnc2C)n1. The molecule has 124 valence electrons. The number of pyridine rings is 1. The number of hydrogen-bond donors (Lipinski definition) is 0. The molecule has 0 radical (unpaired) electrons. The molecule has 1 aromatic carbocycles. The van der Waals surface area contributed by atoms with Gasteiger partial charge in [-0.25, -0.2) is 0 Å². The first kappa shape index (κ1) is 16.0. The van der Waals surface area contributed by atoms with Crippen molar-refractivity contribution in [2.24, 2.45) is 0 Å². The Morgan fingerprint density at radius 2 is 2.04 bits per heavy atom. The minimum absolute atomic E-state index is 0.201. The summed E-state index contributed by atoms with van der Waals surface area (Å²) in [4.78, 5) is 8.60. The Hall–Kier alpha value is -2.89. The minimum Gasteiger partial charge on any atom is -0.497 e. The van der Waals surface area contributed by atoms with Crippen LogP contribution in [0.25, 0.3) is 11.1 Å². The number of hydrogen-bond acceptors (Lipinski definition) is 6. The van der Waals surface area contributed by atoms with Gasteiger partial charge in [0.15, 0.2) is 12.4 Å². The summed E-state index contributed by atoms with van der Waals surface area (Å²) < 4.78 is 16.4. The van der Waals surface area contributed by atoms with Crippen LogP contribution in [0.5, 0.6) is 11.5 Å². The van der Waals surface area contributed by atoms with Gasteiger partial charge in [-0.2, -0.15) is 4.98 Å². The van der Waals surface area contributed by atoms with Crippen LogP contribution in [-0.2, 0) is 13.0 Å². The van der Waals surface area contributed by atoms with Crippen molar-refractivity contribution in [1.29, 1.82) is 0 Å². The highest BCUT2D eigenvalue weighted by molar-refractivity contribution is 5.73. The smallest absolute Gasteiger partial charge is 0.264 e. The highest BCUT2D eigenvalue weighted by atomic mass is 16.5. The van der Waals surface area contributed by atoms with E-state index in [1.165, 1.54) is 0 Å². The zero-order valence-corrected chi connectivity index (χ0v) is 13.9. The molecule has 2 heterocycles. The lowest BCUT2D eigenvalue weighted by atomic mass is 10.0. The summed E-state index contributed by atoms with van der Waals surface area (Å²) in [6.07, 6.45) is 2.50. The lowest BCUT2D eigenvalue weighted by Gasteiger charge is -2.13. The maximum Gasteiger partial charge on any atom is 0.264 e. The van der Waals surface area contributed by atoms with E-state index in [1.54, 1.807) is 13.3 Å². The van der Waals surface area contributed by atoms with Gasteiger partial charge in [0, 0.05) is 35.5 Å². The first-order valence-corrected chi connectivity index (χ1v) is 7.75. The van der Waals surface area contributed by atoms with Crippen molar-refractivity contribution in [1.82, 2.24) is 15.1 Å². The van der Waals surface area contributed by atoms with Gasteiger partial charge in [0.25, 0.3) is 5.89 Å². The maximum absolute atomic E-state index is 5.93. The molecule has 0 N–H and O–H groups in total. The van der Waals surface area contributed by atoms with Gasteiger partial charge in [-0.05, 0) is 25.1 Å². The van der Waals surface area contributed by atoms with Crippen LogP contribution in [0, 0.1) is 6.92 Å². The fourth-order valence-corrected chi connectivity index (χ4v) is 2.37. The van der Waals surface area contributed by atoms with Crippen molar-refractivity contribution >= 4 is 0 Å². The van der Waals surface area contributed by atoms with E-state index in [9.17, 15) is 0 Å². The zero-order valence-electron chi connectivity index (χ0n) is 13.9. The molecule has 24 heavy (non-hydrogen) atoms. The van der Waals surface area contributed by atoms with Gasteiger partial charge in [0.2, 0.25) is 0 Å². The van der Waals surface area contributed by atoms with Crippen LogP contribution in [0.2, 0.25) is 0 Å². The van der Waals surface area contributed by atoms with Crippen molar-refractivity contribution in [3.05, 3.63) is 53.9 Å². The molecule has 6 nitrogen and oxygen atoms in total. The summed E-state index contributed by atoms with van der Waals surface area (Å²) in [6.45, 7) is 4.14. The maximum atomic E-state index is 5.93. The average Bonchev–Trinajstić information content (AvgIpc) is 3.08. The van der Waals surface area contributed by atoms with Crippen LogP contribution in [0.1, 0.15) is 24.3 Å². The van der Waals surface area contributed by atoms with Crippen molar-refractivity contribution in [3.63, 3.8) is 0 Å². The molecule has 0 amide bonds. The lowest BCUT2D eigenvalue weighted by molar-refractivity contribution is 0.242. The number of rotatable bonds is 6. The molecule has 0 unspecified atom stereocenters. The van der Waals surface area contributed by atoms with Crippen LogP contribution in [0.15, 0.2) is 41.1 Å². The Balaban J connectivity index is 1.91. The monoisotopic (exact) mass is 325 g/mol. The van der Waals surface area contributed by atoms with Gasteiger partial charge in [0.05, 0.1) is 7.11 Å². The van der Waals surface area contributed by atoms with Crippen molar-refractivity contribution in [2.75, 3.05) is 7.11 Å². The molecule has 0 aliphatic carbocycles. The van der Waals surface area contributed by atoms with Gasteiger partial charge in [-0.15, -0.1) is 0 Å². The molecule has 2 aromatic heterocycles. The number of methoxy groups -OCH3 is 1. The second-order valence-corrected chi connectivity index (χ2v) is 5.25. The predicted octanol–water partition coefficient (Wildman–Crippen LogP) is 3.59. The quantitative estimate of drug-likeness (QED) is 0.690. The number of nitrogens with zero attached hydrogens (tertiary/aromatic N) is 3. The highest BCUT2D eigenvalue weighted by Crippen LogP contribution is 2.35. The first-order chi connectivity index (χ1) is 11.7. The molecule has 0 atom stereocenters. The Morgan fingerprint density at radius 1 is 1.17 bits per heavy atom. The second kappa shape index (κ2) is 7.12. The van der Waals surface area contributed by atoms with E-state index < -0.39 is 0 Å². The summed E-state index contributed by atoms with van der Waals surface area (Å²) in [5.41, 5.74) is 2.88. The number of aryl methyl sites for hydroxylation is 2. The third-order valence-electron chi connectivity index (χ3n) is 3.66. The van der Waals surface area contributed by atoms with Crippen LogP contribution in [-0.4, -0.2) is 22.2 Å². The van der Waals surface area contributed by atoms with Crippen molar-refractivity contribution in [2.45, 2.75) is 26.9 Å². The zero-order chi connectivity index (χ0) is 16.9. The van der Waals surface area contributed by atoms with E-state index in [1.807, 2.05) is 44.2 Å². The molecule has 0 fully saturated rings. The van der Waals surface area contributed by atoms with Gasteiger partial charge in [0.1, 0.15) is 11.5 Å². The van der Waals surface area contributed by atoms with E-state index >= 15 is 0 Å². The summed E-state index contributed by atoms with van der Waals surface area (Å²) in [5, 5.41) is 3.87. The average molecular weight is 325 g/mol. The first-order valence-electron chi connectivity index (χ1n) is 7.75. The topological polar surface area (TPSA) is 70.3 Å². The van der Waals surface area contributed by atoms with Crippen LogP contribution >= 0.6 is 0 Å². The van der Waals surface area contributed by atoms with Gasteiger partial charge >= 0.3 is 0 Å². The Labute approximate surface area is 140 Å². The van der Waals surface area contributed by atoms with Crippen molar-refractivity contribution < 1.29 is 14.0 Å². The van der Waals surface area contributed by atoms with Gasteiger partial charge < -0.3 is 14.0 Å². The Kier molecular flexibility index (Phi) is 4.74. The predicted molar refractivity (Wildman–Crippen MR) is 89.0 cm³/mol.